The van der Waals surface area contributed by atoms with Crippen LogP contribution in [0, 0.1) is 0 Å². The van der Waals surface area contributed by atoms with Crippen LogP contribution in [0.5, 0.6) is 11.5 Å². The molecule has 1 aromatic carbocycles. The number of halogens is 1. The molecule has 0 aliphatic carbocycles. The summed E-state index contributed by atoms with van der Waals surface area (Å²) in [6, 6.07) is 5.28. The number of benzene rings is 1. The van der Waals surface area contributed by atoms with Crippen LogP contribution >= 0.6 is 11.6 Å². The van der Waals surface area contributed by atoms with Crippen LogP contribution in [0.4, 0.5) is 17.5 Å². The van der Waals surface area contributed by atoms with Gasteiger partial charge in [-0.25, -0.2) is 4.98 Å². The Hall–Kier alpha value is -2.29. The highest BCUT2D eigenvalue weighted by Gasteiger charge is 2.12. The van der Waals surface area contributed by atoms with Crippen LogP contribution in [-0.4, -0.2) is 68.5 Å². The SMILES string of the molecule is COc1cc(Nc2nccc(NCCN3CCOCC3)n2)c(OC)cc1Cl. The largest absolute Gasteiger partial charge is 0.495 e. The van der Waals surface area contributed by atoms with Crippen molar-refractivity contribution in [1.29, 1.82) is 0 Å². The molecule has 0 amide bonds. The van der Waals surface area contributed by atoms with Crippen molar-refractivity contribution in [2.24, 2.45) is 0 Å². The van der Waals surface area contributed by atoms with E-state index in [-0.39, 0.29) is 0 Å². The van der Waals surface area contributed by atoms with Crippen molar-refractivity contribution < 1.29 is 14.2 Å². The van der Waals surface area contributed by atoms with Crippen LogP contribution in [-0.2, 0) is 4.74 Å². The summed E-state index contributed by atoms with van der Waals surface area (Å²) in [4.78, 5) is 11.1. The fourth-order valence-electron chi connectivity index (χ4n) is 2.76. The highest BCUT2D eigenvalue weighted by atomic mass is 35.5. The Balaban J connectivity index is 1.63. The number of nitrogens with one attached hydrogen (secondary N) is 2. The van der Waals surface area contributed by atoms with Crippen LogP contribution in [0.1, 0.15) is 0 Å². The van der Waals surface area contributed by atoms with Crippen LogP contribution in [0.15, 0.2) is 24.4 Å². The minimum Gasteiger partial charge on any atom is -0.495 e. The summed E-state index contributed by atoms with van der Waals surface area (Å²) in [7, 11) is 3.14. The lowest BCUT2D eigenvalue weighted by Crippen LogP contribution is -2.39. The van der Waals surface area contributed by atoms with E-state index in [1.165, 1.54) is 0 Å². The zero-order valence-corrected chi connectivity index (χ0v) is 16.3. The summed E-state index contributed by atoms with van der Waals surface area (Å²) in [5.41, 5.74) is 0.671. The molecule has 0 spiro atoms. The Morgan fingerprint density at radius 3 is 2.70 bits per heavy atom. The molecule has 8 nitrogen and oxygen atoms in total. The van der Waals surface area contributed by atoms with Gasteiger partial charge in [-0.2, -0.15) is 4.98 Å². The van der Waals surface area contributed by atoms with Gasteiger partial charge in [0.15, 0.2) is 0 Å². The monoisotopic (exact) mass is 393 g/mol. The Morgan fingerprint density at radius 2 is 1.96 bits per heavy atom. The van der Waals surface area contributed by atoms with E-state index >= 15 is 0 Å². The minimum atomic E-state index is 0.453. The van der Waals surface area contributed by atoms with Gasteiger partial charge in [-0.05, 0) is 6.07 Å². The first-order valence-corrected chi connectivity index (χ1v) is 9.13. The highest BCUT2D eigenvalue weighted by Crippen LogP contribution is 2.36. The van der Waals surface area contributed by atoms with E-state index in [1.54, 1.807) is 32.5 Å². The molecule has 3 rings (SSSR count). The predicted molar refractivity (Wildman–Crippen MR) is 106 cm³/mol. The average molecular weight is 394 g/mol. The van der Waals surface area contributed by atoms with Crippen molar-refractivity contribution in [3.05, 3.63) is 29.4 Å². The van der Waals surface area contributed by atoms with Crippen molar-refractivity contribution in [2.45, 2.75) is 0 Å². The molecule has 1 aliphatic heterocycles. The number of ether oxygens (including phenoxy) is 3. The van der Waals surface area contributed by atoms with E-state index in [0.717, 1.165) is 45.2 Å². The van der Waals surface area contributed by atoms with Gasteiger partial charge >= 0.3 is 0 Å². The van der Waals surface area contributed by atoms with Crippen molar-refractivity contribution in [3.8, 4) is 11.5 Å². The van der Waals surface area contributed by atoms with E-state index in [4.69, 9.17) is 25.8 Å². The molecule has 1 fully saturated rings. The summed E-state index contributed by atoms with van der Waals surface area (Å²) >= 11 is 6.14. The highest BCUT2D eigenvalue weighted by molar-refractivity contribution is 6.32. The first-order valence-electron chi connectivity index (χ1n) is 8.75. The second-order valence-corrected chi connectivity index (χ2v) is 6.37. The zero-order valence-electron chi connectivity index (χ0n) is 15.5. The van der Waals surface area contributed by atoms with Gasteiger partial charge in [0.1, 0.15) is 17.3 Å². The third-order valence-corrected chi connectivity index (χ3v) is 4.51. The fraction of sp³-hybridized carbons (Fsp3) is 0.444. The molecule has 146 valence electrons. The fourth-order valence-corrected chi connectivity index (χ4v) is 2.99. The summed E-state index contributed by atoms with van der Waals surface area (Å²) < 4.78 is 16.0. The van der Waals surface area contributed by atoms with Gasteiger partial charge in [-0.15, -0.1) is 0 Å². The summed E-state index contributed by atoms with van der Waals surface area (Å²) in [5.74, 6) is 2.32. The standard InChI is InChI=1S/C18H24ClN5O3/c1-25-15-12-14(16(26-2)11-13(15)19)22-18-21-4-3-17(23-18)20-5-6-24-7-9-27-10-8-24/h3-4,11-12H,5-10H2,1-2H3,(H2,20,21,22,23). The maximum Gasteiger partial charge on any atom is 0.229 e. The number of nitrogens with zero attached hydrogens (tertiary/aromatic N) is 3. The number of hydrogen-bond donors (Lipinski definition) is 2. The van der Waals surface area contributed by atoms with Gasteiger partial charge in [0.25, 0.3) is 0 Å². The van der Waals surface area contributed by atoms with Crippen molar-refractivity contribution in [2.75, 3.05) is 64.2 Å². The predicted octanol–water partition coefficient (Wildman–Crippen LogP) is 2.63. The first kappa shape index (κ1) is 19.5. The van der Waals surface area contributed by atoms with Gasteiger partial charge in [-0.1, -0.05) is 11.6 Å². The van der Waals surface area contributed by atoms with Crippen LogP contribution < -0.4 is 20.1 Å². The van der Waals surface area contributed by atoms with Gasteiger partial charge in [0, 0.05) is 44.5 Å². The van der Waals surface area contributed by atoms with Gasteiger partial charge in [0.2, 0.25) is 5.95 Å². The van der Waals surface area contributed by atoms with Crippen LogP contribution in [0.25, 0.3) is 0 Å². The molecule has 0 unspecified atom stereocenters. The van der Waals surface area contributed by atoms with E-state index < -0.39 is 0 Å². The van der Waals surface area contributed by atoms with Crippen molar-refractivity contribution in [3.63, 3.8) is 0 Å². The topological polar surface area (TPSA) is 80.8 Å². The van der Waals surface area contributed by atoms with Crippen molar-refractivity contribution in [1.82, 2.24) is 14.9 Å². The molecule has 9 heteroatoms. The van der Waals surface area contributed by atoms with Gasteiger partial charge in [-0.3, -0.25) is 4.90 Å². The quantitative estimate of drug-likeness (QED) is 0.708. The lowest BCUT2D eigenvalue weighted by atomic mass is 10.2. The average Bonchev–Trinajstić information content (AvgIpc) is 2.70. The molecule has 0 atom stereocenters. The number of anilines is 3. The smallest absolute Gasteiger partial charge is 0.229 e. The molecular formula is C18H24ClN5O3. The first-order chi connectivity index (χ1) is 13.2. The molecular weight excluding hydrogens is 370 g/mol. The van der Waals surface area contributed by atoms with Gasteiger partial charge in [0.05, 0.1) is 38.1 Å². The maximum absolute atomic E-state index is 6.14. The third kappa shape index (κ3) is 5.35. The number of methoxy groups -OCH3 is 2. The van der Waals surface area contributed by atoms with Gasteiger partial charge < -0.3 is 24.8 Å². The molecule has 2 aromatic rings. The molecule has 2 N–H and O–H groups in total. The van der Waals surface area contributed by atoms with E-state index in [2.05, 4.69) is 25.5 Å². The molecule has 1 aliphatic rings. The molecule has 27 heavy (non-hydrogen) atoms. The Labute approximate surface area is 163 Å². The lowest BCUT2D eigenvalue weighted by molar-refractivity contribution is 0.0398. The molecule has 2 heterocycles. The summed E-state index contributed by atoms with van der Waals surface area (Å²) in [6.45, 7) is 5.28. The number of morpholine rings is 1. The van der Waals surface area contributed by atoms with Crippen LogP contribution in [0.2, 0.25) is 5.02 Å². The number of rotatable bonds is 8. The second kappa shape index (κ2) is 9.59. The number of hydrogen-bond acceptors (Lipinski definition) is 8. The molecule has 1 saturated heterocycles. The Morgan fingerprint density at radius 1 is 1.19 bits per heavy atom. The molecule has 0 radical (unpaired) electrons. The molecule has 0 saturated carbocycles. The van der Waals surface area contributed by atoms with E-state index in [1.807, 2.05) is 6.07 Å². The van der Waals surface area contributed by atoms with Crippen LogP contribution in [0.3, 0.4) is 0 Å². The molecule has 1 aromatic heterocycles. The normalized spacial score (nSPS) is 14.6. The third-order valence-electron chi connectivity index (χ3n) is 4.21. The second-order valence-electron chi connectivity index (χ2n) is 5.96. The lowest BCUT2D eigenvalue weighted by Gasteiger charge is -2.26. The summed E-state index contributed by atoms with van der Waals surface area (Å²) in [5, 5.41) is 6.95. The number of aromatic nitrogens is 2. The molecule has 0 bridgehead atoms. The van der Waals surface area contributed by atoms with E-state index in [0.29, 0.717) is 28.2 Å². The van der Waals surface area contributed by atoms with Crippen molar-refractivity contribution >= 4 is 29.1 Å². The zero-order chi connectivity index (χ0) is 19.1. The van der Waals surface area contributed by atoms with E-state index in [9.17, 15) is 0 Å². The maximum atomic E-state index is 6.14. The summed E-state index contributed by atoms with van der Waals surface area (Å²) in [6.07, 6.45) is 1.70. The minimum absolute atomic E-state index is 0.453. The Kier molecular flexibility index (Phi) is 6.92. The Bertz CT molecular complexity index is 756.